The van der Waals surface area contributed by atoms with Gasteiger partial charge in [0.1, 0.15) is 0 Å². The molecule has 0 aromatic heterocycles. The number of amides is 2. The molecule has 2 amide bonds. The van der Waals surface area contributed by atoms with E-state index in [-0.39, 0.29) is 5.91 Å². The number of anilines is 3. The van der Waals surface area contributed by atoms with Crippen molar-refractivity contribution in [3.63, 3.8) is 0 Å². The van der Waals surface area contributed by atoms with E-state index in [9.17, 15) is 9.59 Å². The van der Waals surface area contributed by atoms with Crippen LogP contribution in [0.15, 0.2) is 48.2 Å². The first-order valence-corrected chi connectivity index (χ1v) is 7.04. The van der Waals surface area contributed by atoms with Crippen LogP contribution in [0.5, 0.6) is 0 Å². The molecule has 3 rings (SSSR count). The lowest BCUT2D eigenvalue weighted by Crippen LogP contribution is -2.11. The van der Waals surface area contributed by atoms with Gasteiger partial charge in [0.2, 0.25) is 5.91 Å². The van der Waals surface area contributed by atoms with Crippen molar-refractivity contribution in [3.05, 3.63) is 59.3 Å². The zero-order valence-electron chi connectivity index (χ0n) is 12.5. The summed E-state index contributed by atoms with van der Waals surface area (Å²) in [6.45, 7) is 1.81. The van der Waals surface area contributed by atoms with Crippen LogP contribution in [0.4, 0.5) is 17.1 Å². The molecule has 1 aliphatic heterocycles. The van der Waals surface area contributed by atoms with Gasteiger partial charge in [-0.1, -0.05) is 0 Å². The number of primary amides is 1. The van der Waals surface area contributed by atoms with Crippen LogP contribution in [-0.2, 0) is 4.79 Å². The van der Waals surface area contributed by atoms with Gasteiger partial charge in [-0.25, -0.2) is 0 Å². The normalized spacial score (nSPS) is 14.9. The van der Waals surface area contributed by atoms with Gasteiger partial charge in [0.05, 0.1) is 5.57 Å². The lowest BCUT2D eigenvalue weighted by atomic mass is 10.0. The number of hydrogen-bond donors (Lipinski definition) is 4. The van der Waals surface area contributed by atoms with Gasteiger partial charge in [0, 0.05) is 33.9 Å². The molecular formula is C17H16N4O2. The Morgan fingerprint density at radius 2 is 1.83 bits per heavy atom. The van der Waals surface area contributed by atoms with Gasteiger partial charge in [-0.15, -0.1) is 0 Å². The maximum Gasteiger partial charge on any atom is 0.258 e. The average Bonchev–Trinajstić information content (AvgIpc) is 2.83. The number of benzene rings is 2. The second-order valence-corrected chi connectivity index (χ2v) is 5.33. The Balaban J connectivity index is 1.94. The van der Waals surface area contributed by atoms with Crippen LogP contribution in [0.2, 0.25) is 0 Å². The average molecular weight is 308 g/mol. The van der Waals surface area contributed by atoms with E-state index in [1.54, 1.807) is 42.5 Å². The summed E-state index contributed by atoms with van der Waals surface area (Å²) in [6.07, 6.45) is 0. The highest BCUT2D eigenvalue weighted by atomic mass is 16.2. The highest BCUT2D eigenvalue weighted by Gasteiger charge is 2.26. The zero-order chi connectivity index (χ0) is 16.6. The van der Waals surface area contributed by atoms with E-state index < -0.39 is 5.91 Å². The summed E-state index contributed by atoms with van der Waals surface area (Å²) in [5.74, 6) is -0.657. The largest absolute Gasteiger partial charge is 0.399 e. The van der Waals surface area contributed by atoms with Crippen LogP contribution >= 0.6 is 0 Å². The topological polar surface area (TPSA) is 110 Å². The van der Waals surface area contributed by atoms with E-state index in [4.69, 9.17) is 11.5 Å². The molecule has 0 aliphatic carbocycles. The molecule has 0 saturated heterocycles. The number of allylic oxidation sites excluding steroid dienone is 1. The molecule has 116 valence electrons. The number of rotatable bonds is 3. The number of nitrogens with two attached hydrogens (primary N) is 2. The predicted octanol–water partition coefficient (Wildman–Crippen LogP) is 2.16. The van der Waals surface area contributed by atoms with Gasteiger partial charge in [-0.3, -0.25) is 9.59 Å². The fraction of sp³-hybridized carbons (Fsp3) is 0.0588. The summed E-state index contributed by atoms with van der Waals surface area (Å²) in [5, 5.41) is 5.98. The van der Waals surface area contributed by atoms with Crippen LogP contribution in [-0.4, -0.2) is 11.8 Å². The van der Waals surface area contributed by atoms with Gasteiger partial charge in [0.25, 0.3) is 5.91 Å². The molecular weight excluding hydrogens is 292 g/mol. The van der Waals surface area contributed by atoms with Crippen LogP contribution in [0, 0.1) is 0 Å². The Morgan fingerprint density at radius 3 is 2.48 bits per heavy atom. The fourth-order valence-corrected chi connectivity index (χ4v) is 2.55. The van der Waals surface area contributed by atoms with Crippen molar-refractivity contribution in [2.45, 2.75) is 6.92 Å². The Labute approximate surface area is 133 Å². The minimum atomic E-state index is -0.480. The van der Waals surface area contributed by atoms with Crippen molar-refractivity contribution in [1.82, 2.24) is 0 Å². The highest BCUT2D eigenvalue weighted by Crippen LogP contribution is 2.35. The van der Waals surface area contributed by atoms with Gasteiger partial charge < -0.3 is 22.1 Å². The summed E-state index contributed by atoms with van der Waals surface area (Å²) in [6, 6.07) is 12.0. The number of nitrogens with one attached hydrogen (secondary N) is 2. The third-order valence-corrected chi connectivity index (χ3v) is 3.66. The summed E-state index contributed by atoms with van der Waals surface area (Å²) in [7, 11) is 0. The van der Waals surface area contributed by atoms with Crippen molar-refractivity contribution in [3.8, 4) is 0 Å². The van der Waals surface area contributed by atoms with Crippen LogP contribution in [0.3, 0.4) is 0 Å². The van der Waals surface area contributed by atoms with Crippen molar-refractivity contribution >= 4 is 34.4 Å². The molecule has 6 heteroatoms. The van der Waals surface area contributed by atoms with E-state index in [0.29, 0.717) is 22.5 Å². The monoisotopic (exact) mass is 308 g/mol. The summed E-state index contributed by atoms with van der Waals surface area (Å²) in [4.78, 5) is 23.3. The van der Waals surface area contributed by atoms with Crippen molar-refractivity contribution in [2.75, 3.05) is 16.4 Å². The fourth-order valence-electron chi connectivity index (χ4n) is 2.55. The maximum atomic E-state index is 12.2. The van der Waals surface area contributed by atoms with Crippen molar-refractivity contribution in [2.24, 2.45) is 5.73 Å². The van der Waals surface area contributed by atoms with E-state index in [2.05, 4.69) is 10.6 Å². The Hall–Kier alpha value is -3.28. The third kappa shape index (κ3) is 2.74. The first kappa shape index (κ1) is 14.6. The molecule has 23 heavy (non-hydrogen) atoms. The smallest absolute Gasteiger partial charge is 0.258 e. The lowest BCUT2D eigenvalue weighted by Gasteiger charge is -2.10. The summed E-state index contributed by atoms with van der Waals surface area (Å²) < 4.78 is 0. The number of nitrogen functional groups attached to an aromatic ring is 1. The van der Waals surface area contributed by atoms with Gasteiger partial charge in [-0.05, 0) is 49.4 Å². The second-order valence-electron chi connectivity index (χ2n) is 5.33. The number of fused-ring (bicyclic) bond motifs is 1. The molecule has 0 spiro atoms. The lowest BCUT2D eigenvalue weighted by molar-refractivity contribution is -0.110. The minimum Gasteiger partial charge on any atom is -0.399 e. The molecule has 0 atom stereocenters. The number of carbonyl (C=O) groups is 2. The third-order valence-electron chi connectivity index (χ3n) is 3.66. The van der Waals surface area contributed by atoms with E-state index in [1.807, 2.05) is 6.92 Å². The Kier molecular flexibility index (Phi) is 3.50. The van der Waals surface area contributed by atoms with Gasteiger partial charge in [-0.2, -0.15) is 0 Å². The molecule has 0 fully saturated rings. The summed E-state index contributed by atoms with van der Waals surface area (Å²) in [5.41, 5.74) is 15.6. The molecule has 2 aromatic carbocycles. The van der Waals surface area contributed by atoms with Crippen LogP contribution in [0.1, 0.15) is 22.8 Å². The van der Waals surface area contributed by atoms with E-state index in [0.717, 1.165) is 16.9 Å². The molecule has 0 bridgehead atoms. The molecule has 1 aliphatic rings. The highest BCUT2D eigenvalue weighted by molar-refractivity contribution is 6.32. The zero-order valence-corrected chi connectivity index (χ0v) is 12.5. The predicted molar refractivity (Wildman–Crippen MR) is 90.7 cm³/mol. The first-order chi connectivity index (χ1) is 11.0. The molecule has 2 aromatic rings. The van der Waals surface area contributed by atoms with E-state index in [1.165, 1.54) is 0 Å². The molecule has 1 heterocycles. The first-order valence-electron chi connectivity index (χ1n) is 7.04. The molecule has 6 nitrogen and oxygen atoms in total. The Morgan fingerprint density at radius 1 is 1.13 bits per heavy atom. The van der Waals surface area contributed by atoms with E-state index >= 15 is 0 Å². The standard InChI is InChI=1S/C17H16N4O2/c1-9(20-12-5-2-10(3-6-12)16(19)22)15-13-8-11(18)4-7-14(13)21-17(15)23/h2-8,20H,18H2,1H3,(H2,19,22)(H,21,23)/b15-9-. The number of carbonyl (C=O) groups excluding carboxylic acids is 2. The molecule has 6 N–H and O–H groups in total. The van der Waals surface area contributed by atoms with Crippen LogP contribution in [0.25, 0.3) is 5.57 Å². The van der Waals surface area contributed by atoms with Crippen molar-refractivity contribution < 1.29 is 9.59 Å². The van der Waals surface area contributed by atoms with Gasteiger partial charge in [0.15, 0.2) is 0 Å². The second kappa shape index (κ2) is 5.49. The summed E-state index contributed by atoms with van der Waals surface area (Å²) >= 11 is 0. The minimum absolute atomic E-state index is 0.177. The quantitative estimate of drug-likeness (QED) is 0.514. The SMILES string of the molecule is C/C(Nc1ccc(C(N)=O)cc1)=C1/C(=O)Nc2ccc(N)cc21. The van der Waals surface area contributed by atoms with Gasteiger partial charge >= 0.3 is 0 Å². The maximum absolute atomic E-state index is 12.2. The number of hydrogen-bond acceptors (Lipinski definition) is 4. The molecule has 0 radical (unpaired) electrons. The Bertz CT molecular complexity index is 838. The molecule has 0 saturated carbocycles. The molecule has 0 unspecified atom stereocenters. The van der Waals surface area contributed by atoms with Crippen LogP contribution < -0.4 is 22.1 Å². The van der Waals surface area contributed by atoms with Crippen molar-refractivity contribution in [1.29, 1.82) is 0 Å².